The Hall–Kier alpha value is -1.32. The highest BCUT2D eigenvalue weighted by Crippen LogP contribution is 2.55. The molecule has 0 saturated heterocycles. The number of nitro groups is 1. The van der Waals surface area contributed by atoms with Crippen molar-refractivity contribution in [2.45, 2.75) is 18.3 Å². The summed E-state index contributed by atoms with van der Waals surface area (Å²) >= 11 is 0.721. The smallest absolute Gasteiger partial charge is 0.324 e. The summed E-state index contributed by atoms with van der Waals surface area (Å²) in [5.74, 6) is -3.11. The van der Waals surface area contributed by atoms with Gasteiger partial charge < -0.3 is 20.8 Å². The lowest BCUT2D eigenvalue weighted by Gasteiger charge is -2.18. The molecule has 1 rings (SSSR count). The van der Waals surface area contributed by atoms with Gasteiger partial charge in [-0.1, -0.05) is 11.3 Å². The molecule has 0 aliphatic carbocycles. The SMILES string of the molecule is N[C@@H](CCP(=O)(O)C(O)c1csc([N+](=O)[O-])c1)C(=O)O. The predicted molar refractivity (Wildman–Crippen MR) is 70.9 cm³/mol. The number of hydrogen-bond acceptors (Lipinski definition) is 7. The van der Waals surface area contributed by atoms with Crippen molar-refractivity contribution in [1.29, 1.82) is 0 Å². The zero-order valence-electron chi connectivity index (χ0n) is 10.1. The lowest BCUT2D eigenvalue weighted by Crippen LogP contribution is -2.31. The normalized spacial score (nSPS) is 17.1. The Bertz CT molecular complexity index is 560. The average Bonchev–Trinajstić information content (AvgIpc) is 2.84. The highest BCUT2D eigenvalue weighted by molar-refractivity contribution is 7.58. The zero-order valence-corrected chi connectivity index (χ0v) is 11.8. The van der Waals surface area contributed by atoms with Crippen molar-refractivity contribution in [1.82, 2.24) is 0 Å². The molecule has 5 N–H and O–H groups in total. The van der Waals surface area contributed by atoms with Gasteiger partial charge in [0.25, 0.3) is 0 Å². The highest BCUT2D eigenvalue weighted by Gasteiger charge is 2.33. The molecule has 0 radical (unpaired) electrons. The van der Waals surface area contributed by atoms with E-state index < -0.39 is 36.3 Å². The molecule has 0 fully saturated rings. The van der Waals surface area contributed by atoms with Crippen molar-refractivity contribution in [2.75, 3.05) is 6.16 Å². The van der Waals surface area contributed by atoms with Crippen LogP contribution in [0.25, 0.3) is 0 Å². The molecular formula is C9H13N2O7PS. The molecule has 3 atom stereocenters. The van der Waals surface area contributed by atoms with Crippen molar-refractivity contribution in [3.8, 4) is 0 Å². The van der Waals surface area contributed by atoms with E-state index in [0.717, 1.165) is 17.4 Å². The van der Waals surface area contributed by atoms with Crippen molar-refractivity contribution in [3.63, 3.8) is 0 Å². The standard InChI is InChI=1S/C9H13N2O7PS/c10-6(8(12)13)1-2-19(17,18)9(14)5-3-7(11(15)16)20-4-5/h3-4,6,9,14H,1-2,10H2,(H,12,13)(H,17,18)/t6-,9?/m0/s1. The predicted octanol–water partition coefficient (Wildman–Crippen LogP) is 0.720. The van der Waals surface area contributed by atoms with E-state index in [1.165, 1.54) is 5.38 Å². The number of thiophene rings is 1. The number of aliphatic hydroxyl groups is 1. The molecule has 1 heterocycles. The fourth-order valence-corrected chi connectivity index (χ4v) is 3.73. The van der Waals surface area contributed by atoms with Crippen LogP contribution in [0.3, 0.4) is 0 Å². The number of carboxylic acid groups (broad SMARTS) is 1. The lowest BCUT2D eigenvalue weighted by atomic mass is 10.2. The summed E-state index contributed by atoms with van der Waals surface area (Å²) in [5, 5.41) is 29.8. The quantitative estimate of drug-likeness (QED) is 0.323. The van der Waals surface area contributed by atoms with Crippen LogP contribution in [0.15, 0.2) is 11.4 Å². The Balaban J connectivity index is 2.77. The third-order valence-electron chi connectivity index (χ3n) is 2.54. The van der Waals surface area contributed by atoms with E-state index in [4.69, 9.17) is 10.8 Å². The van der Waals surface area contributed by atoms with Gasteiger partial charge in [-0.15, -0.1) is 0 Å². The summed E-state index contributed by atoms with van der Waals surface area (Å²) in [5.41, 5.74) is 5.16. The second-order valence-corrected chi connectivity index (χ2v) is 7.40. The number of aliphatic hydroxyl groups excluding tert-OH is 1. The van der Waals surface area contributed by atoms with Gasteiger partial charge in [0.15, 0.2) is 5.85 Å². The molecule has 0 amide bonds. The Labute approximate surface area is 117 Å². The van der Waals surface area contributed by atoms with Crippen LogP contribution in [0, 0.1) is 10.1 Å². The summed E-state index contributed by atoms with van der Waals surface area (Å²) in [6.45, 7) is 0. The van der Waals surface area contributed by atoms with Crippen LogP contribution in [-0.4, -0.2) is 38.2 Å². The first-order chi connectivity index (χ1) is 9.15. The minimum atomic E-state index is -4.12. The first kappa shape index (κ1) is 16.7. The molecular weight excluding hydrogens is 311 g/mol. The maximum atomic E-state index is 11.9. The summed E-state index contributed by atoms with van der Waals surface area (Å²) in [7, 11) is -4.12. The van der Waals surface area contributed by atoms with E-state index >= 15 is 0 Å². The molecule has 0 saturated carbocycles. The molecule has 2 unspecified atom stereocenters. The maximum Gasteiger partial charge on any atom is 0.324 e. The third kappa shape index (κ3) is 4.09. The van der Waals surface area contributed by atoms with Gasteiger partial charge >= 0.3 is 11.0 Å². The van der Waals surface area contributed by atoms with Crippen LogP contribution in [0.2, 0.25) is 0 Å². The van der Waals surface area contributed by atoms with Crippen LogP contribution in [0.1, 0.15) is 17.8 Å². The van der Waals surface area contributed by atoms with Gasteiger partial charge in [0, 0.05) is 23.2 Å². The monoisotopic (exact) mass is 324 g/mol. The van der Waals surface area contributed by atoms with Crippen LogP contribution in [-0.2, 0) is 9.36 Å². The largest absolute Gasteiger partial charge is 0.480 e. The summed E-state index contributed by atoms with van der Waals surface area (Å²) in [4.78, 5) is 30.0. The second kappa shape index (κ2) is 6.42. The Kier molecular flexibility index (Phi) is 5.37. The number of rotatable bonds is 7. The van der Waals surface area contributed by atoms with Gasteiger partial charge in [0.1, 0.15) is 6.04 Å². The number of nitrogens with zero attached hydrogens (tertiary/aromatic N) is 1. The molecule has 0 aliphatic heterocycles. The Morgan fingerprint density at radius 3 is 2.65 bits per heavy atom. The minimum Gasteiger partial charge on any atom is -0.480 e. The fourth-order valence-electron chi connectivity index (χ4n) is 1.37. The van der Waals surface area contributed by atoms with E-state index in [1.807, 2.05) is 0 Å². The van der Waals surface area contributed by atoms with Crippen LogP contribution in [0.4, 0.5) is 5.00 Å². The topological polar surface area (TPSA) is 164 Å². The van der Waals surface area contributed by atoms with Crippen LogP contribution < -0.4 is 5.73 Å². The second-order valence-electron chi connectivity index (χ2n) is 4.06. The average molecular weight is 324 g/mol. The minimum absolute atomic E-state index is 0.0450. The molecule has 0 spiro atoms. The summed E-state index contributed by atoms with van der Waals surface area (Å²) in [6, 6.07) is -0.297. The Morgan fingerprint density at radius 1 is 1.60 bits per heavy atom. The van der Waals surface area contributed by atoms with Crippen LogP contribution >= 0.6 is 18.7 Å². The van der Waals surface area contributed by atoms with E-state index in [0.29, 0.717) is 0 Å². The van der Waals surface area contributed by atoms with Crippen LogP contribution in [0.5, 0.6) is 0 Å². The number of aliphatic carboxylic acids is 1. The van der Waals surface area contributed by atoms with Gasteiger partial charge in [-0.25, -0.2) is 0 Å². The van der Waals surface area contributed by atoms with E-state index in [1.54, 1.807) is 0 Å². The highest BCUT2D eigenvalue weighted by atomic mass is 32.1. The number of carboxylic acids is 1. The molecule has 1 aromatic rings. The summed E-state index contributed by atoms with van der Waals surface area (Å²) in [6.07, 6.45) is -0.780. The maximum absolute atomic E-state index is 11.9. The molecule has 9 nitrogen and oxygen atoms in total. The van der Waals surface area contributed by atoms with Gasteiger partial charge in [-0.05, 0) is 6.42 Å². The molecule has 1 aromatic heterocycles. The number of nitrogens with two attached hydrogens (primary N) is 1. The third-order valence-corrected chi connectivity index (χ3v) is 5.40. The molecule has 11 heteroatoms. The molecule has 112 valence electrons. The first-order valence-electron chi connectivity index (χ1n) is 5.36. The van der Waals surface area contributed by atoms with E-state index in [-0.39, 0.29) is 17.0 Å². The van der Waals surface area contributed by atoms with Gasteiger partial charge in [-0.3, -0.25) is 19.5 Å². The van der Waals surface area contributed by atoms with E-state index in [9.17, 15) is 29.5 Å². The Morgan fingerprint density at radius 2 is 2.20 bits per heavy atom. The fraction of sp³-hybridized carbons (Fsp3) is 0.444. The number of hydrogen-bond donors (Lipinski definition) is 4. The molecule has 0 aliphatic rings. The number of carbonyl (C=O) groups is 1. The van der Waals surface area contributed by atoms with Gasteiger partial charge in [-0.2, -0.15) is 0 Å². The lowest BCUT2D eigenvalue weighted by molar-refractivity contribution is -0.380. The molecule has 20 heavy (non-hydrogen) atoms. The first-order valence-corrected chi connectivity index (χ1v) is 8.15. The molecule has 0 aromatic carbocycles. The van der Waals surface area contributed by atoms with Crippen molar-refractivity contribution < 1.29 is 29.4 Å². The van der Waals surface area contributed by atoms with Crippen molar-refractivity contribution in [3.05, 3.63) is 27.1 Å². The van der Waals surface area contributed by atoms with Crippen molar-refractivity contribution >= 4 is 29.7 Å². The van der Waals surface area contributed by atoms with Crippen molar-refractivity contribution in [2.24, 2.45) is 5.73 Å². The van der Waals surface area contributed by atoms with Gasteiger partial charge in [0.2, 0.25) is 7.37 Å². The van der Waals surface area contributed by atoms with E-state index in [2.05, 4.69) is 0 Å². The summed E-state index contributed by atoms with van der Waals surface area (Å²) < 4.78 is 11.9. The van der Waals surface area contributed by atoms with Gasteiger partial charge in [0.05, 0.1) is 4.92 Å². The molecule has 0 bridgehead atoms. The zero-order chi connectivity index (χ0) is 15.5.